The van der Waals surface area contributed by atoms with E-state index in [2.05, 4.69) is 135 Å². The molecule has 0 N–H and O–H groups in total. The van der Waals surface area contributed by atoms with Gasteiger partial charge in [0, 0.05) is 34.6 Å². The van der Waals surface area contributed by atoms with E-state index in [-0.39, 0.29) is 26.2 Å². The predicted octanol–water partition coefficient (Wildman–Crippen LogP) is 14.9. The molecule has 2 aromatic heterocycles. The molecule has 282 valence electrons. The summed E-state index contributed by atoms with van der Waals surface area (Å²) >= 11 is 0. The second kappa shape index (κ2) is 19.7. The van der Waals surface area contributed by atoms with E-state index in [0.29, 0.717) is 13.1 Å². The summed E-state index contributed by atoms with van der Waals surface area (Å²) in [7, 11) is 0. The maximum absolute atomic E-state index is 5.19. The van der Waals surface area contributed by atoms with Gasteiger partial charge < -0.3 is 10.6 Å². The number of benzene rings is 8. The smallest absolute Gasteiger partial charge is 0.679 e. The molecule has 0 fully saturated rings. The second-order valence-corrected chi connectivity index (χ2v) is 14.0. The summed E-state index contributed by atoms with van der Waals surface area (Å²) in [6, 6.07) is 66.3. The van der Waals surface area contributed by atoms with Crippen LogP contribution in [0.1, 0.15) is 22.5 Å². The van der Waals surface area contributed by atoms with Gasteiger partial charge in [-0.25, -0.2) is 0 Å². The fraction of sp³-hybridized carbons (Fsp3) is 0.0370. The van der Waals surface area contributed by atoms with Gasteiger partial charge in [0.25, 0.3) is 0 Å². The third-order valence-corrected chi connectivity index (χ3v) is 9.95. The molecule has 4 nitrogen and oxygen atoms in total. The molecule has 0 atom stereocenters. The molecular weight excluding hydrogens is 796 g/mol. The quantitative estimate of drug-likeness (QED) is 0.150. The molecule has 59 heavy (non-hydrogen) atoms. The van der Waals surface area contributed by atoms with E-state index in [0.717, 1.165) is 66.6 Å². The molecular formula is C54H42N4Zr. The van der Waals surface area contributed by atoms with E-state index in [9.17, 15) is 0 Å². The van der Waals surface area contributed by atoms with E-state index in [1.165, 1.54) is 21.5 Å². The van der Waals surface area contributed by atoms with E-state index in [1.807, 2.05) is 85.2 Å². The summed E-state index contributed by atoms with van der Waals surface area (Å²) in [6.45, 7) is 8.40. The van der Waals surface area contributed by atoms with Gasteiger partial charge in [0.15, 0.2) is 0 Å². The maximum Gasteiger partial charge on any atom is 4.00 e. The van der Waals surface area contributed by atoms with E-state index < -0.39 is 0 Å². The molecule has 0 aliphatic heterocycles. The standard InChI is InChI=1S/C40H28N4.2C7H7.Zr/c1-3-13-31-23-41-33(21-29(31)11-1)25-43-37-19-17-27-9-5-7-15-35(27)39(37)40-36-16-8-6-10-28(36)18-20-38(40)44-26-34-22-30-12-2-4-14-32(30)24-42-34;2*1-7-5-3-2-4-6-7;/h1-24H,25-26H2;2*2-6H,1H2;/q-2;2*-1;+4. The Hall–Kier alpha value is -6.68. The van der Waals surface area contributed by atoms with Crippen molar-refractivity contribution in [3.05, 3.63) is 254 Å². The molecule has 0 saturated heterocycles. The van der Waals surface area contributed by atoms with Crippen molar-refractivity contribution in [3.8, 4) is 11.1 Å². The van der Waals surface area contributed by atoms with E-state index in [4.69, 9.17) is 20.6 Å². The molecule has 10 aromatic rings. The Bertz CT molecular complexity index is 2730. The Morgan fingerprint density at radius 1 is 0.356 bits per heavy atom. The van der Waals surface area contributed by atoms with Crippen LogP contribution < -0.4 is 0 Å². The summed E-state index contributed by atoms with van der Waals surface area (Å²) in [5.74, 6) is 0. The minimum absolute atomic E-state index is 0. The molecule has 0 radical (unpaired) electrons. The predicted molar refractivity (Wildman–Crippen MR) is 246 cm³/mol. The van der Waals surface area contributed by atoms with Gasteiger partial charge in [-0.1, -0.05) is 147 Å². The van der Waals surface area contributed by atoms with Crippen LogP contribution in [0.15, 0.2) is 207 Å². The molecule has 0 aliphatic carbocycles. The third-order valence-electron chi connectivity index (χ3n) is 9.95. The first kappa shape index (κ1) is 40.5. The van der Waals surface area contributed by atoms with Gasteiger partial charge in [-0.05, 0) is 55.6 Å². The number of pyridine rings is 2. The number of hydrogen-bond donors (Lipinski definition) is 0. The molecule has 10 rings (SSSR count). The summed E-state index contributed by atoms with van der Waals surface area (Å²) in [5, 5.41) is 19.6. The molecule has 5 heteroatoms. The van der Waals surface area contributed by atoms with Crippen molar-refractivity contribution in [2.75, 3.05) is 0 Å². The first-order valence-corrected chi connectivity index (χ1v) is 19.4. The van der Waals surface area contributed by atoms with Gasteiger partial charge >= 0.3 is 26.2 Å². The zero-order valence-corrected chi connectivity index (χ0v) is 35.2. The van der Waals surface area contributed by atoms with Crippen molar-refractivity contribution >= 4 is 54.5 Å². The molecule has 0 bridgehead atoms. The van der Waals surface area contributed by atoms with Crippen molar-refractivity contribution in [2.45, 2.75) is 13.1 Å². The van der Waals surface area contributed by atoms with Crippen molar-refractivity contribution in [1.29, 1.82) is 0 Å². The summed E-state index contributed by atoms with van der Waals surface area (Å²) < 4.78 is 0. The first-order chi connectivity index (χ1) is 28.6. The van der Waals surface area contributed by atoms with Crippen LogP contribution in [-0.2, 0) is 39.3 Å². The zero-order valence-electron chi connectivity index (χ0n) is 32.7. The van der Waals surface area contributed by atoms with E-state index >= 15 is 0 Å². The van der Waals surface area contributed by atoms with Crippen molar-refractivity contribution in [1.82, 2.24) is 9.97 Å². The fourth-order valence-corrected chi connectivity index (χ4v) is 7.03. The minimum Gasteiger partial charge on any atom is -0.679 e. The zero-order chi connectivity index (χ0) is 39.5. The number of aromatic nitrogens is 2. The van der Waals surface area contributed by atoms with Crippen molar-refractivity contribution in [2.24, 2.45) is 0 Å². The number of fused-ring (bicyclic) bond motifs is 4. The largest absolute Gasteiger partial charge is 4.00 e. The molecule has 0 unspecified atom stereocenters. The molecule has 0 saturated carbocycles. The number of nitrogens with zero attached hydrogens (tertiary/aromatic N) is 4. The van der Waals surface area contributed by atoms with Crippen LogP contribution in [-0.4, -0.2) is 9.97 Å². The van der Waals surface area contributed by atoms with Gasteiger partial charge in [0.05, 0.1) is 0 Å². The SMILES string of the molecule is [CH2-]c1ccccc1.[CH2-]c1ccccc1.[Zr+4].c1ccc2cc(C[N-]c3ccc4ccccc4c3-c3c([N-]Cc4cc5ccccc5cn4)ccc4ccccc34)ncc2c1. The maximum atomic E-state index is 5.19. The Kier molecular flexibility index (Phi) is 13.5. The fourth-order valence-electron chi connectivity index (χ4n) is 7.03. The normalized spacial score (nSPS) is 10.5. The topological polar surface area (TPSA) is 54.0 Å². The van der Waals surface area contributed by atoms with Gasteiger partial charge in [-0.3, -0.25) is 9.97 Å². The average molecular weight is 838 g/mol. The number of rotatable bonds is 7. The van der Waals surface area contributed by atoms with Gasteiger partial charge in [0.1, 0.15) is 0 Å². The molecule has 2 heterocycles. The Balaban J connectivity index is 0.000000298. The average Bonchev–Trinajstić information content (AvgIpc) is 3.28. The summed E-state index contributed by atoms with van der Waals surface area (Å²) in [4.78, 5) is 9.44. The van der Waals surface area contributed by atoms with Crippen LogP contribution in [0.4, 0.5) is 11.4 Å². The van der Waals surface area contributed by atoms with Crippen molar-refractivity contribution in [3.63, 3.8) is 0 Å². The van der Waals surface area contributed by atoms with Crippen LogP contribution in [0, 0.1) is 13.8 Å². The minimum atomic E-state index is 0. The summed E-state index contributed by atoms with van der Waals surface area (Å²) in [6.07, 6.45) is 3.87. The van der Waals surface area contributed by atoms with E-state index in [1.54, 1.807) is 0 Å². The Morgan fingerprint density at radius 2 is 0.695 bits per heavy atom. The molecule has 0 amide bonds. The summed E-state index contributed by atoms with van der Waals surface area (Å²) in [5.41, 5.74) is 8.05. The van der Waals surface area contributed by atoms with Crippen LogP contribution in [0.2, 0.25) is 0 Å². The van der Waals surface area contributed by atoms with Crippen LogP contribution in [0.25, 0.3) is 64.9 Å². The van der Waals surface area contributed by atoms with Gasteiger partial charge in [0.2, 0.25) is 0 Å². The number of hydrogen-bond acceptors (Lipinski definition) is 2. The molecule has 0 spiro atoms. The third kappa shape index (κ3) is 10.1. The van der Waals surface area contributed by atoms with Crippen molar-refractivity contribution < 1.29 is 26.2 Å². The molecule has 8 aromatic carbocycles. The Morgan fingerprint density at radius 3 is 1.07 bits per heavy atom. The Labute approximate surface area is 366 Å². The monoisotopic (exact) mass is 836 g/mol. The van der Waals surface area contributed by atoms with Crippen LogP contribution >= 0.6 is 0 Å². The van der Waals surface area contributed by atoms with Crippen LogP contribution in [0.3, 0.4) is 0 Å². The second-order valence-electron chi connectivity index (χ2n) is 14.0. The van der Waals surface area contributed by atoms with Crippen LogP contribution in [0.5, 0.6) is 0 Å². The first-order valence-electron chi connectivity index (χ1n) is 19.4. The van der Waals surface area contributed by atoms with Gasteiger partial charge in [-0.2, -0.15) is 49.2 Å². The van der Waals surface area contributed by atoms with Gasteiger partial charge in [-0.15, -0.1) is 35.6 Å². The molecule has 0 aliphatic rings.